The van der Waals surface area contributed by atoms with E-state index in [0.29, 0.717) is 19.8 Å². The smallest absolute Gasteiger partial charge is 0.186 e. The van der Waals surface area contributed by atoms with E-state index in [1.54, 1.807) is 0 Å². The highest BCUT2D eigenvalue weighted by atomic mass is 16.7. The van der Waals surface area contributed by atoms with E-state index in [0.717, 1.165) is 42.4 Å². The molecule has 0 spiro atoms. The molecule has 1 heterocycles. The molecule has 0 unspecified atom stereocenters. The monoisotopic (exact) mass is 532 g/mol. The molecule has 5 atom stereocenters. The van der Waals surface area contributed by atoms with Gasteiger partial charge in [-0.2, -0.15) is 0 Å². The lowest BCUT2D eigenvalue weighted by atomic mass is 9.96. The Morgan fingerprint density at radius 1 is 0.641 bits per heavy atom. The fourth-order valence-corrected chi connectivity index (χ4v) is 5.32. The highest BCUT2D eigenvalue weighted by Gasteiger charge is 2.48. The first-order chi connectivity index (χ1) is 19.3. The van der Waals surface area contributed by atoms with Crippen molar-refractivity contribution in [3.05, 3.63) is 108 Å². The molecule has 2 fully saturated rings. The van der Waals surface area contributed by atoms with E-state index in [-0.39, 0.29) is 12.7 Å². The van der Waals surface area contributed by atoms with Crippen LogP contribution in [0.25, 0.3) is 0 Å². The molecule has 3 aromatic rings. The third kappa shape index (κ3) is 8.21. The molecule has 0 aromatic heterocycles. The molecule has 2 aliphatic rings. The summed E-state index contributed by atoms with van der Waals surface area (Å²) in [6.45, 7) is 1.47. The standard InChI is InChI=1S/C33H40O6/c34-30-32(37-23-27-17-9-3-10-18-27)31(36-22-26-15-7-2-8-16-26)29(24-35-21-25-13-5-1-6-14-25)39-33(30)38-28-19-11-4-12-20-28/h1-3,5-10,13-18,28-34H,4,11-12,19-24H2/t29-,30+,31-,32-,33-/m1/s1. The predicted octanol–water partition coefficient (Wildman–Crippen LogP) is 5.81. The number of rotatable bonds is 12. The van der Waals surface area contributed by atoms with E-state index in [2.05, 4.69) is 0 Å². The molecule has 39 heavy (non-hydrogen) atoms. The Labute approximate surface area is 231 Å². The largest absolute Gasteiger partial charge is 0.385 e. The van der Waals surface area contributed by atoms with Crippen molar-refractivity contribution in [1.29, 1.82) is 0 Å². The zero-order valence-electron chi connectivity index (χ0n) is 22.5. The highest BCUT2D eigenvalue weighted by molar-refractivity contribution is 5.15. The minimum Gasteiger partial charge on any atom is -0.385 e. The summed E-state index contributed by atoms with van der Waals surface area (Å²) in [7, 11) is 0. The lowest BCUT2D eigenvalue weighted by Crippen LogP contribution is -2.61. The lowest BCUT2D eigenvalue weighted by molar-refractivity contribution is -0.328. The second-order valence-corrected chi connectivity index (χ2v) is 10.5. The summed E-state index contributed by atoms with van der Waals surface area (Å²) in [6, 6.07) is 30.0. The van der Waals surface area contributed by atoms with Crippen LogP contribution in [-0.2, 0) is 43.5 Å². The maximum Gasteiger partial charge on any atom is 0.186 e. The lowest BCUT2D eigenvalue weighted by Gasteiger charge is -2.45. The molecule has 0 bridgehead atoms. The maximum absolute atomic E-state index is 11.5. The van der Waals surface area contributed by atoms with Crippen LogP contribution < -0.4 is 0 Å². The first-order valence-electron chi connectivity index (χ1n) is 14.2. The van der Waals surface area contributed by atoms with E-state index < -0.39 is 30.7 Å². The summed E-state index contributed by atoms with van der Waals surface area (Å²) < 4.78 is 31.8. The number of benzene rings is 3. The molecule has 3 aromatic carbocycles. The van der Waals surface area contributed by atoms with Crippen LogP contribution in [0.1, 0.15) is 48.8 Å². The van der Waals surface area contributed by atoms with Gasteiger partial charge < -0.3 is 28.8 Å². The van der Waals surface area contributed by atoms with Crippen molar-refractivity contribution < 1.29 is 28.8 Å². The van der Waals surface area contributed by atoms with Crippen molar-refractivity contribution in [2.75, 3.05) is 6.61 Å². The third-order valence-electron chi connectivity index (χ3n) is 7.46. The van der Waals surface area contributed by atoms with Crippen LogP contribution in [0.15, 0.2) is 91.0 Å². The Morgan fingerprint density at radius 2 is 1.15 bits per heavy atom. The van der Waals surface area contributed by atoms with E-state index in [1.807, 2.05) is 91.0 Å². The topological polar surface area (TPSA) is 66.4 Å². The highest BCUT2D eigenvalue weighted by Crippen LogP contribution is 2.31. The molecule has 0 radical (unpaired) electrons. The number of aliphatic hydroxyl groups excluding tert-OH is 1. The van der Waals surface area contributed by atoms with Crippen molar-refractivity contribution in [3.63, 3.8) is 0 Å². The van der Waals surface area contributed by atoms with Gasteiger partial charge in [0.05, 0.1) is 32.5 Å². The fraction of sp³-hybridized carbons (Fsp3) is 0.455. The quantitative estimate of drug-likeness (QED) is 0.318. The van der Waals surface area contributed by atoms with Crippen molar-refractivity contribution >= 4 is 0 Å². The molecular formula is C33H40O6. The molecule has 1 aliphatic heterocycles. The maximum atomic E-state index is 11.5. The first-order valence-corrected chi connectivity index (χ1v) is 14.2. The number of hydrogen-bond donors (Lipinski definition) is 1. The Kier molecular flexibility index (Phi) is 10.5. The van der Waals surface area contributed by atoms with Gasteiger partial charge in [-0.15, -0.1) is 0 Å². The average Bonchev–Trinajstić information content (AvgIpc) is 2.99. The zero-order chi connectivity index (χ0) is 26.7. The van der Waals surface area contributed by atoms with Crippen molar-refractivity contribution in [3.8, 4) is 0 Å². The molecule has 0 amide bonds. The molecule has 5 rings (SSSR count). The second-order valence-electron chi connectivity index (χ2n) is 10.5. The first kappa shape index (κ1) is 28.0. The number of hydrogen-bond acceptors (Lipinski definition) is 6. The zero-order valence-corrected chi connectivity index (χ0v) is 22.5. The van der Waals surface area contributed by atoms with Gasteiger partial charge in [0.15, 0.2) is 6.29 Å². The van der Waals surface area contributed by atoms with Gasteiger partial charge in [0.25, 0.3) is 0 Å². The molecule has 208 valence electrons. The minimum absolute atomic E-state index is 0.0702. The molecule has 1 aliphatic carbocycles. The predicted molar refractivity (Wildman–Crippen MR) is 149 cm³/mol. The molecule has 1 saturated heterocycles. The van der Waals surface area contributed by atoms with Gasteiger partial charge in [-0.05, 0) is 29.5 Å². The summed E-state index contributed by atoms with van der Waals surface area (Å²) in [4.78, 5) is 0. The number of ether oxygens (including phenoxy) is 5. The van der Waals surface area contributed by atoms with Crippen LogP contribution in [0.5, 0.6) is 0 Å². The van der Waals surface area contributed by atoms with Crippen LogP contribution in [0.3, 0.4) is 0 Å². The summed E-state index contributed by atoms with van der Waals surface area (Å²) in [6.07, 6.45) is 2.03. The summed E-state index contributed by atoms with van der Waals surface area (Å²) in [5.74, 6) is 0. The van der Waals surface area contributed by atoms with Crippen molar-refractivity contribution in [1.82, 2.24) is 0 Å². The Bertz CT molecular complexity index is 1070. The molecular weight excluding hydrogens is 492 g/mol. The molecule has 1 N–H and O–H groups in total. The normalized spacial score (nSPS) is 25.9. The SMILES string of the molecule is O[C@@H]1[C@H](OC2CCCCC2)O[C@H](COCc2ccccc2)[C@@H](OCc2ccccc2)[C@@H]1OCc1ccccc1. The Morgan fingerprint density at radius 3 is 1.72 bits per heavy atom. The van der Waals surface area contributed by atoms with Gasteiger partial charge in [-0.25, -0.2) is 0 Å². The van der Waals surface area contributed by atoms with Gasteiger partial charge >= 0.3 is 0 Å². The summed E-state index contributed by atoms with van der Waals surface area (Å²) in [5, 5.41) is 11.5. The Hall–Kier alpha value is -2.58. The van der Waals surface area contributed by atoms with Gasteiger partial charge in [0.1, 0.15) is 24.4 Å². The van der Waals surface area contributed by atoms with Crippen LogP contribution in [0, 0.1) is 0 Å². The van der Waals surface area contributed by atoms with Gasteiger partial charge in [0.2, 0.25) is 0 Å². The molecule has 1 saturated carbocycles. The van der Waals surface area contributed by atoms with Crippen molar-refractivity contribution in [2.24, 2.45) is 0 Å². The Balaban J connectivity index is 1.34. The van der Waals surface area contributed by atoms with Gasteiger partial charge in [-0.1, -0.05) is 110 Å². The minimum atomic E-state index is -0.998. The van der Waals surface area contributed by atoms with Crippen LogP contribution in [-0.4, -0.2) is 48.5 Å². The van der Waals surface area contributed by atoms with E-state index in [4.69, 9.17) is 23.7 Å². The van der Waals surface area contributed by atoms with Crippen LogP contribution in [0.4, 0.5) is 0 Å². The second kappa shape index (κ2) is 14.7. The third-order valence-corrected chi connectivity index (χ3v) is 7.46. The summed E-state index contributed by atoms with van der Waals surface area (Å²) in [5.41, 5.74) is 3.15. The van der Waals surface area contributed by atoms with Gasteiger partial charge in [-0.3, -0.25) is 0 Å². The average molecular weight is 533 g/mol. The van der Waals surface area contributed by atoms with E-state index in [9.17, 15) is 5.11 Å². The van der Waals surface area contributed by atoms with Crippen molar-refractivity contribution in [2.45, 2.75) is 88.7 Å². The van der Waals surface area contributed by atoms with Crippen LogP contribution >= 0.6 is 0 Å². The molecule has 6 nitrogen and oxygen atoms in total. The van der Waals surface area contributed by atoms with Gasteiger partial charge in [0, 0.05) is 0 Å². The van der Waals surface area contributed by atoms with E-state index in [1.165, 1.54) is 6.42 Å². The summed E-state index contributed by atoms with van der Waals surface area (Å²) >= 11 is 0. The number of aliphatic hydroxyl groups is 1. The van der Waals surface area contributed by atoms with E-state index >= 15 is 0 Å². The molecule has 6 heteroatoms. The fourth-order valence-electron chi connectivity index (χ4n) is 5.32. The van der Waals surface area contributed by atoms with Crippen LogP contribution in [0.2, 0.25) is 0 Å².